The molecule has 0 radical (unpaired) electrons. The van der Waals surface area contributed by atoms with Crippen molar-refractivity contribution in [3.05, 3.63) is 35.9 Å². The van der Waals surface area contributed by atoms with E-state index in [1.165, 1.54) is 0 Å². The molecule has 110 valence electrons. The Hall–Kier alpha value is -2.04. The van der Waals surface area contributed by atoms with Gasteiger partial charge in [0.25, 0.3) is 0 Å². The van der Waals surface area contributed by atoms with E-state index in [0.717, 1.165) is 12.8 Å². The Morgan fingerprint density at radius 2 is 1.75 bits per heavy atom. The number of carbonyl (C=O) groups excluding carboxylic acids is 1. The number of carboxylic acid groups (broad SMARTS) is 1. The van der Waals surface area contributed by atoms with Crippen molar-refractivity contribution >= 4 is 12.0 Å². The van der Waals surface area contributed by atoms with Crippen LogP contribution in [0, 0.1) is 5.92 Å². The van der Waals surface area contributed by atoms with Gasteiger partial charge in [0.05, 0.1) is 0 Å². The summed E-state index contributed by atoms with van der Waals surface area (Å²) in [5, 5.41) is 14.4. The van der Waals surface area contributed by atoms with E-state index in [2.05, 4.69) is 24.5 Å². The highest BCUT2D eigenvalue weighted by atomic mass is 16.4. The predicted molar refractivity (Wildman–Crippen MR) is 77.4 cm³/mol. The van der Waals surface area contributed by atoms with E-state index in [1.807, 2.05) is 0 Å². The van der Waals surface area contributed by atoms with Gasteiger partial charge in [0, 0.05) is 6.54 Å². The van der Waals surface area contributed by atoms with Gasteiger partial charge in [-0.05, 0) is 11.5 Å². The fraction of sp³-hybridized carbons (Fsp3) is 0.467. The molecule has 0 heterocycles. The molecule has 0 aliphatic heterocycles. The van der Waals surface area contributed by atoms with E-state index in [-0.39, 0.29) is 0 Å². The van der Waals surface area contributed by atoms with Crippen LogP contribution in [0.4, 0.5) is 4.79 Å². The lowest BCUT2D eigenvalue weighted by Gasteiger charge is -2.17. The molecule has 0 unspecified atom stereocenters. The second-order valence-corrected chi connectivity index (χ2v) is 4.72. The van der Waals surface area contributed by atoms with Crippen LogP contribution >= 0.6 is 0 Å². The van der Waals surface area contributed by atoms with Gasteiger partial charge in [-0.15, -0.1) is 0 Å². The maximum atomic E-state index is 11.8. The molecule has 0 spiro atoms. The SMILES string of the molecule is CCC(CC)CNC(=O)N[C@H](C(=O)O)c1ccccc1. The normalized spacial score (nSPS) is 11.9. The van der Waals surface area contributed by atoms with Crippen LogP contribution in [-0.4, -0.2) is 23.7 Å². The smallest absolute Gasteiger partial charge is 0.330 e. The number of hydrogen-bond donors (Lipinski definition) is 3. The van der Waals surface area contributed by atoms with Crippen molar-refractivity contribution in [1.82, 2.24) is 10.6 Å². The van der Waals surface area contributed by atoms with Gasteiger partial charge in [-0.2, -0.15) is 0 Å². The van der Waals surface area contributed by atoms with Crippen molar-refractivity contribution in [1.29, 1.82) is 0 Å². The minimum absolute atomic E-state index is 0.417. The van der Waals surface area contributed by atoms with Gasteiger partial charge < -0.3 is 15.7 Å². The molecular weight excluding hydrogens is 256 g/mol. The third-order valence-electron chi connectivity index (χ3n) is 3.36. The lowest BCUT2D eigenvalue weighted by atomic mass is 10.0. The number of urea groups is 1. The summed E-state index contributed by atoms with van der Waals surface area (Å²) in [6.07, 6.45) is 1.97. The molecule has 1 aromatic carbocycles. The average molecular weight is 278 g/mol. The molecule has 3 N–H and O–H groups in total. The highest BCUT2D eigenvalue weighted by molar-refractivity contribution is 5.83. The van der Waals surface area contributed by atoms with Crippen molar-refractivity contribution in [3.8, 4) is 0 Å². The summed E-state index contributed by atoms with van der Waals surface area (Å²) in [6, 6.07) is 7.17. The number of carboxylic acids is 1. The standard InChI is InChI=1S/C15H22N2O3/c1-3-11(4-2)10-16-15(20)17-13(14(18)19)12-8-6-5-7-9-12/h5-9,11,13H,3-4,10H2,1-2H3,(H,18,19)(H2,16,17,20)/t13-/m0/s1. The molecule has 2 amide bonds. The fourth-order valence-corrected chi connectivity index (χ4v) is 1.93. The van der Waals surface area contributed by atoms with Gasteiger partial charge in [-0.3, -0.25) is 0 Å². The Morgan fingerprint density at radius 3 is 2.25 bits per heavy atom. The fourth-order valence-electron chi connectivity index (χ4n) is 1.93. The number of nitrogens with one attached hydrogen (secondary N) is 2. The second-order valence-electron chi connectivity index (χ2n) is 4.72. The van der Waals surface area contributed by atoms with Crippen LogP contribution in [-0.2, 0) is 4.79 Å². The zero-order chi connectivity index (χ0) is 15.0. The van der Waals surface area contributed by atoms with Crippen LogP contribution in [0.5, 0.6) is 0 Å². The van der Waals surface area contributed by atoms with Crippen LogP contribution in [0.25, 0.3) is 0 Å². The van der Waals surface area contributed by atoms with Crippen molar-refractivity contribution in [3.63, 3.8) is 0 Å². The molecule has 0 saturated heterocycles. The van der Waals surface area contributed by atoms with Gasteiger partial charge in [0.2, 0.25) is 0 Å². The van der Waals surface area contributed by atoms with E-state index >= 15 is 0 Å². The second kappa shape index (κ2) is 8.19. The first kappa shape index (κ1) is 16.0. The number of aliphatic carboxylic acids is 1. The minimum Gasteiger partial charge on any atom is -0.479 e. The van der Waals surface area contributed by atoms with Crippen molar-refractivity contribution in [2.45, 2.75) is 32.7 Å². The zero-order valence-corrected chi connectivity index (χ0v) is 11.9. The van der Waals surface area contributed by atoms with Gasteiger partial charge in [0.15, 0.2) is 6.04 Å². The number of amides is 2. The maximum Gasteiger partial charge on any atom is 0.330 e. The van der Waals surface area contributed by atoms with Gasteiger partial charge in [-0.25, -0.2) is 9.59 Å². The summed E-state index contributed by atoms with van der Waals surface area (Å²) in [5.41, 5.74) is 0.553. The maximum absolute atomic E-state index is 11.8. The molecule has 0 aliphatic rings. The quantitative estimate of drug-likeness (QED) is 0.717. The van der Waals surface area contributed by atoms with E-state index in [4.69, 9.17) is 0 Å². The van der Waals surface area contributed by atoms with Crippen molar-refractivity contribution in [2.75, 3.05) is 6.54 Å². The molecule has 20 heavy (non-hydrogen) atoms. The summed E-state index contributed by atoms with van der Waals surface area (Å²) in [4.78, 5) is 23.0. The van der Waals surface area contributed by atoms with Crippen molar-refractivity contribution < 1.29 is 14.7 Å². The topological polar surface area (TPSA) is 78.4 Å². The zero-order valence-electron chi connectivity index (χ0n) is 11.9. The molecule has 5 heteroatoms. The Kier molecular flexibility index (Phi) is 6.56. The Balaban J connectivity index is 2.59. The average Bonchev–Trinajstić information content (AvgIpc) is 2.46. The van der Waals surface area contributed by atoms with Gasteiger partial charge in [-0.1, -0.05) is 57.0 Å². The third kappa shape index (κ3) is 4.91. The van der Waals surface area contributed by atoms with Crippen LogP contribution < -0.4 is 10.6 Å². The summed E-state index contributed by atoms with van der Waals surface area (Å²) in [7, 11) is 0. The lowest BCUT2D eigenvalue weighted by molar-refractivity contribution is -0.139. The minimum atomic E-state index is -1.08. The van der Waals surface area contributed by atoms with Crippen LogP contribution in [0.3, 0.4) is 0 Å². The first-order valence-electron chi connectivity index (χ1n) is 6.90. The van der Waals surface area contributed by atoms with E-state index < -0.39 is 18.0 Å². The predicted octanol–water partition coefficient (Wildman–Crippen LogP) is 2.55. The van der Waals surface area contributed by atoms with Crippen LogP contribution in [0.15, 0.2) is 30.3 Å². The highest BCUT2D eigenvalue weighted by Crippen LogP contribution is 2.12. The van der Waals surface area contributed by atoms with Gasteiger partial charge >= 0.3 is 12.0 Å². The molecule has 0 aliphatic carbocycles. The lowest BCUT2D eigenvalue weighted by Crippen LogP contribution is -2.42. The van der Waals surface area contributed by atoms with Crippen LogP contribution in [0.2, 0.25) is 0 Å². The molecule has 1 aromatic rings. The molecule has 0 aromatic heterocycles. The Labute approximate surface area is 119 Å². The summed E-state index contributed by atoms with van der Waals surface area (Å²) in [5.74, 6) is -0.658. The van der Waals surface area contributed by atoms with E-state index in [9.17, 15) is 14.7 Å². The molecule has 1 atom stereocenters. The number of carbonyl (C=O) groups is 2. The van der Waals surface area contributed by atoms with E-state index in [1.54, 1.807) is 30.3 Å². The molecular formula is C15H22N2O3. The summed E-state index contributed by atoms with van der Waals surface area (Å²) in [6.45, 7) is 4.69. The molecule has 1 rings (SSSR count). The first-order valence-corrected chi connectivity index (χ1v) is 6.90. The number of rotatable bonds is 7. The third-order valence-corrected chi connectivity index (χ3v) is 3.36. The molecule has 5 nitrogen and oxygen atoms in total. The molecule has 0 bridgehead atoms. The monoisotopic (exact) mass is 278 g/mol. The highest BCUT2D eigenvalue weighted by Gasteiger charge is 2.21. The van der Waals surface area contributed by atoms with Gasteiger partial charge in [0.1, 0.15) is 0 Å². The van der Waals surface area contributed by atoms with Crippen LogP contribution in [0.1, 0.15) is 38.3 Å². The summed E-state index contributed by atoms with van der Waals surface area (Å²) >= 11 is 0. The molecule has 0 fully saturated rings. The summed E-state index contributed by atoms with van der Waals surface area (Å²) < 4.78 is 0. The number of benzene rings is 1. The largest absolute Gasteiger partial charge is 0.479 e. The molecule has 0 saturated carbocycles. The number of hydrogen-bond acceptors (Lipinski definition) is 2. The Morgan fingerprint density at radius 1 is 1.15 bits per heavy atom. The van der Waals surface area contributed by atoms with E-state index in [0.29, 0.717) is 18.0 Å². The van der Waals surface area contributed by atoms with Crippen molar-refractivity contribution in [2.24, 2.45) is 5.92 Å². The first-order chi connectivity index (χ1) is 9.58. The Bertz CT molecular complexity index is 430.